The average molecular weight is 720 g/mol. The molecule has 1 aromatic heterocycles. The molecule has 8 heterocycles. The Morgan fingerprint density at radius 3 is 1.13 bits per heavy atom. The molecule has 0 spiro atoms. The molecule has 0 amide bonds. The second kappa shape index (κ2) is 15.5. The van der Waals surface area contributed by atoms with Gasteiger partial charge in [-0.3, -0.25) is 4.98 Å². The van der Waals surface area contributed by atoms with Gasteiger partial charge in [0, 0.05) is 22.0 Å². The summed E-state index contributed by atoms with van der Waals surface area (Å²) in [4.78, 5) is 17.9. The van der Waals surface area contributed by atoms with Gasteiger partial charge in [0.1, 0.15) is 49.4 Å². The van der Waals surface area contributed by atoms with Gasteiger partial charge in [-0.25, -0.2) is 4.79 Å². The van der Waals surface area contributed by atoms with E-state index in [4.69, 9.17) is 28.7 Å². The van der Waals surface area contributed by atoms with E-state index in [1.54, 1.807) is 0 Å². The SMILES string of the molecule is COC(=O)c1c2cccc1COc1ccc(cc1)C(C)(C)c1ccc(cc1)OCc1cccc(n1)COc1ccc(cc1)C(C)(C)c1ccc(cc1)OC2. The van der Waals surface area contributed by atoms with Crippen molar-refractivity contribution in [3.8, 4) is 23.0 Å². The van der Waals surface area contributed by atoms with Crippen LogP contribution in [-0.2, 0) is 42.0 Å². The minimum absolute atomic E-state index is 0.194. The zero-order chi connectivity index (χ0) is 37.7. The molecule has 7 nitrogen and oxygen atoms in total. The van der Waals surface area contributed by atoms with Gasteiger partial charge in [0.05, 0.1) is 24.1 Å². The number of hydrogen-bond acceptors (Lipinski definition) is 7. The fourth-order valence-corrected chi connectivity index (χ4v) is 6.79. The van der Waals surface area contributed by atoms with Gasteiger partial charge in [-0.2, -0.15) is 0 Å². The Labute approximate surface area is 317 Å². The van der Waals surface area contributed by atoms with Crippen molar-refractivity contribution in [3.05, 3.63) is 184 Å². The Bertz CT molecular complexity index is 2060. The van der Waals surface area contributed by atoms with Crippen molar-refractivity contribution in [1.82, 2.24) is 4.98 Å². The first kappa shape index (κ1) is 36.3. The first-order valence-corrected chi connectivity index (χ1v) is 18.2. The zero-order valence-electron chi connectivity index (χ0n) is 31.4. The molecule has 0 radical (unpaired) electrons. The quantitative estimate of drug-likeness (QED) is 0.157. The molecule has 274 valence electrons. The Hall–Kier alpha value is -6.08. The smallest absolute Gasteiger partial charge is 0.338 e. The van der Waals surface area contributed by atoms with E-state index >= 15 is 0 Å². The molecule has 0 fully saturated rings. The van der Waals surface area contributed by atoms with E-state index in [0.717, 1.165) is 56.3 Å². The molecule has 7 aliphatic heterocycles. The lowest BCUT2D eigenvalue weighted by Crippen LogP contribution is -2.18. The highest BCUT2D eigenvalue weighted by atomic mass is 16.5. The number of aromatic nitrogens is 1. The van der Waals surface area contributed by atoms with E-state index in [2.05, 4.69) is 76.2 Å². The number of hydrogen-bond donors (Lipinski definition) is 0. The fourth-order valence-electron chi connectivity index (χ4n) is 6.79. The Morgan fingerprint density at radius 2 is 0.796 bits per heavy atom. The number of esters is 1. The van der Waals surface area contributed by atoms with Gasteiger partial charge in [-0.1, -0.05) is 100 Å². The van der Waals surface area contributed by atoms with Gasteiger partial charge in [0.25, 0.3) is 0 Å². The van der Waals surface area contributed by atoms with Crippen LogP contribution >= 0.6 is 0 Å². The van der Waals surface area contributed by atoms with Crippen molar-refractivity contribution >= 4 is 5.97 Å². The van der Waals surface area contributed by atoms with E-state index in [9.17, 15) is 4.79 Å². The number of methoxy groups -OCH3 is 1. The van der Waals surface area contributed by atoms with E-state index in [1.807, 2.05) is 84.9 Å². The van der Waals surface area contributed by atoms with Gasteiger partial charge in [0.2, 0.25) is 0 Å². The van der Waals surface area contributed by atoms with Crippen LogP contribution in [0, 0.1) is 0 Å². The van der Waals surface area contributed by atoms with Crippen LogP contribution in [0.15, 0.2) is 133 Å². The monoisotopic (exact) mass is 719 g/mol. The van der Waals surface area contributed by atoms with Crippen molar-refractivity contribution in [2.45, 2.75) is 65.0 Å². The predicted molar refractivity (Wildman–Crippen MR) is 209 cm³/mol. The normalized spacial score (nSPS) is 15.1. The summed E-state index contributed by atoms with van der Waals surface area (Å²) in [5.41, 5.74) is 7.60. The summed E-state index contributed by atoms with van der Waals surface area (Å²) >= 11 is 0. The van der Waals surface area contributed by atoms with Gasteiger partial charge < -0.3 is 23.7 Å². The third-order valence-corrected chi connectivity index (χ3v) is 10.4. The highest BCUT2D eigenvalue weighted by Gasteiger charge is 2.25. The number of pyridine rings is 1. The van der Waals surface area contributed by atoms with Gasteiger partial charge in [-0.05, 0) is 82.9 Å². The minimum atomic E-state index is -0.433. The van der Waals surface area contributed by atoms with Crippen LogP contribution in [0.1, 0.15) is 82.8 Å². The molecule has 7 heteroatoms. The summed E-state index contributed by atoms with van der Waals surface area (Å²) in [7, 11) is 1.39. The molecule has 0 saturated heterocycles. The maximum atomic E-state index is 13.1. The van der Waals surface area contributed by atoms with E-state index in [-0.39, 0.29) is 24.0 Å². The lowest BCUT2D eigenvalue weighted by molar-refractivity contribution is 0.0594. The number of ether oxygens (including phenoxy) is 5. The second-order valence-corrected chi connectivity index (χ2v) is 14.6. The van der Waals surface area contributed by atoms with Gasteiger partial charge >= 0.3 is 5.97 Å². The number of benzene rings is 5. The Balaban J connectivity index is 1.18. The molecule has 54 heavy (non-hydrogen) atoms. The number of carbonyl (C=O) groups is 1. The predicted octanol–water partition coefficient (Wildman–Crippen LogP) is 10.1. The van der Waals surface area contributed by atoms with Crippen LogP contribution in [0.4, 0.5) is 0 Å². The lowest BCUT2D eigenvalue weighted by atomic mass is 9.78. The first-order chi connectivity index (χ1) is 26.1. The van der Waals surface area contributed by atoms with Crippen LogP contribution in [0.25, 0.3) is 0 Å². The molecule has 0 saturated carbocycles. The zero-order valence-corrected chi connectivity index (χ0v) is 31.4. The standard InChI is InChI=1S/C47H45NO6/c1-46(2)34-12-20-40(21-13-34)51-28-32-8-6-9-33(44(32)45(49)50-5)29-52-41-22-14-35(15-23-41)47(3,4)37-18-26-43(27-19-37)54-31-39-11-7-10-38(48-39)30-53-42-24-16-36(46)17-25-42/h6-27H,28-31H2,1-5H3. The molecule has 7 aliphatic rings. The fraction of sp³-hybridized carbons (Fsp3) is 0.234. The molecule has 6 aromatic rings. The molecule has 0 atom stereocenters. The van der Waals surface area contributed by atoms with Crippen LogP contribution in [0.3, 0.4) is 0 Å². The van der Waals surface area contributed by atoms with E-state index in [1.165, 1.54) is 7.11 Å². The topological polar surface area (TPSA) is 76.1 Å². The summed E-state index contributed by atoms with van der Waals surface area (Å²) in [6.07, 6.45) is 0. The number of rotatable bonds is 1. The summed E-state index contributed by atoms with van der Waals surface area (Å²) in [5.74, 6) is 2.51. The van der Waals surface area contributed by atoms with Crippen molar-refractivity contribution in [2.75, 3.05) is 7.11 Å². The Kier molecular flexibility index (Phi) is 10.4. The van der Waals surface area contributed by atoms with Gasteiger partial charge in [0.15, 0.2) is 0 Å². The van der Waals surface area contributed by atoms with Crippen molar-refractivity contribution in [1.29, 1.82) is 0 Å². The van der Waals surface area contributed by atoms with Crippen LogP contribution in [-0.4, -0.2) is 18.1 Å². The average Bonchev–Trinajstić information content (AvgIpc) is 3.20. The molecule has 0 N–H and O–H groups in total. The molecular formula is C47H45NO6. The van der Waals surface area contributed by atoms with Crippen molar-refractivity contribution in [3.63, 3.8) is 0 Å². The summed E-state index contributed by atoms with van der Waals surface area (Å²) < 4.78 is 29.9. The maximum absolute atomic E-state index is 13.1. The first-order valence-electron chi connectivity index (χ1n) is 18.2. The Morgan fingerprint density at radius 1 is 0.481 bits per heavy atom. The van der Waals surface area contributed by atoms with Crippen molar-refractivity contribution in [2.24, 2.45) is 0 Å². The maximum Gasteiger partial charge on any atom is 0.338 e. The largest absolute Gasteiger partial charge is 0.489 e. The number of nitrogens with zero attached hydrogens (tertiary/aromatic N) is 1. The molecule has 0 aliphatic carbocycles. The van der Waals surface area contributed by atoms with E-state index in [0.29, 0.717) is 30.3 Å². The third-order valence-electron chi connectivity index (χ3n) is 10.4. The van der Waals surface area contributed by atoms with Crippen molar-refractivity contribution < 1.29 is 28.5 Å². The lowest BCUT2D eigenvalue weighted by Gasteiger charge is -2.26. The van der Waals surface area contributed by atoms with Crippen LogP contribution in [0.5, 0.6) is 23.0 Å². The second-order valence-electron chi connectivity index (χ2n) is 14.6. The molecular weight excluding hydrogens is 675 g/mol. The molecule has 13 rings (SSSR count). The number of carbonyl (C=O) groups excluding carboxylic acids is 1. The molecule has 12 bridgehead atoms. The summed E-state index contributed by atoms with van der Waals surface area (Å²) in [6.45, 7) is 9.87. The highest BCUT2D eigenvalue weighted by Crippen LogP contribution is 2.35. The van der Waals surface area contributed by atoms with E-state index < -0.39 is 5.97 Å². The molecule has 5 aromatic carbocycles. The summed E-state index contributed by atoms with van der Waals surface area (Å²) in [5, 5.41) is 0. The van der Waals surface area contributed by atoms with Gasteiger partial charge in [-0.15, -0.1) is 0 Å². The molecule has 0 unspecified atom stereocenters. The highest BCUT2D eigenvalue weighted by molar-refractivity contribution is 5.92. The minimum Gasteiger partial charge on any atom is -0.489 e. The van der Waals surface area contributed by atoms with Crippen LogP contribution < -0.4 is 18.9 Å². The van der Waals surface area contributed by atoms with Crippen LogP contribution in [0.2, 0.25) is 0 Å². The third kappa shape index (κ3) is 7.96. The summed E-state index contributed by atoms with van der Waals surface area (Å²) in [6, 6.07) is 44.2.